The molecule has 0 radical (unpaired) electrons. The van der Waals surface area contributed by atoms with Gasteiger partial charge in [0, 0.05) is 25.7 Å². The predicted molar refractivity (Wildman–Crippen MR) is 61.0 cm³/mol. The van der Waals surface area contributed by atoms with E-state index < -0.39 is 12.6 Å². The van der Waals surface area contributed by atoms with Gasteiger partial charge >= 0.3 is 6.18 Å². The zero-order valence-corrected chi connectivity index (χ0v) is 10.1. The summed E-state index contributed by atoms with van der Waals surface area (Å²) in [6.07, 6.45) is -1.89. The first-order valence-corrected chi connectivity index (χ1v) is 5.77. The largest absolute Gasteiger partial charge is 0.389 e. The fraction of sp³-hybridized carbons (Fsp3) is 0.727. The van der Waals surface area contributed by atoms with Crippen LogP contribution in [0.2, 0.25) is 0 Å². The number of rotatable bonds is 6. The Balaban J connectivity index is 2.40. The van der Waals surface area contributed by atoms with E-state index in [1.807, 2.05) is 24.6 Å². The summed E-state index contributed by atoms with van der Waals surface area (Å²) in [7, 11) is 0. The molecule has 17 heavy (non-hydrogen) atoms. The molecule has 0 saturated heterocycles. The maximum Gasteiger partial charge on any atom is 0.389 e. The van der Waals surface area contributed by atoms with Crippen molar-refractivity contribution in [3.8, 4) is 0 Å². The zero-order chi connectivity index (χ0) is 12.9. The number of anilines is 1. The van der Waals surface area contributed by atoms with Gasteiger partial charge < -0.3 is 9.88 Å². The summed E-state index contributed by atoms with van der Waals surface area (Å²) in [6.45, 7) is 5.03. The summed E-state index contributed by atoms with van der Waals surface area (Å²) in [5, 5.41) is 2.94. The molecule has 1 heterocycles. The minimum absolute atomic E-state index is 0.0710. The van der Waals surface area contributed by atoms with Gasteiger partial charge in [0.2, 0.25) is 5.95 Å². The Morgan fingerprint density at radius 1 is 1.41 bits per heavy atom. The molecule has 0 saturated carbocycles. The van der Waals surface area contributed by atoms with Gasteiger partial charge in [-0.25, -0.2) is 4.98 Å². The average molecular weight is 249 g/mol. The molecule has 0 fully saturated rings. The van der Waals surface area contributed by atoms with E-state index >= 15 is 0 Å². The van der Waals surface area contributed by atoms with Crippen molar-refractivity contribution in [1.82, 2.24) is 9.55 Å². The van der Waals surface area contributed by atoms with Crippen LogP contribution in [0.15, 0.2) is 6.20 Å². The number of nitrogens with one attached hydrogen (secondary N) is 1. The second-order valence-corrected chi connectivity index (χ2v) is 4.04. The molecule has 0 unspecified atom stereocenters. The van der Waals surface area contributed by atoms with Crippen molar-refractivity contribution in [3.05, 3.63) is 11.9 Å². The number of hydrogen-bond acceptors (Lipinski definition) is 2. The molecule has 3 nitrogen and oxygen atoms in total. The van der Waals surface area contributed by atoms with Gasteiger partial charge in [-0.1, -0.05) is 6.92 Å². The molecule has 0 bridgehead atoms. The molecule has 1 rings (SSSR count). The minimum Gasteiger partial charge on any atom is -0.356 e. The molecule has 6 heteroatoms. The molecule has 0 aromatic carbocycles. The Bertz CT molecular complexity index is 344. The molecule has 0 spiro atoms. The average Bonchev–Trinajstić information content (AvgIpc) is 2.53. The zero-order valence-electron chi connectivity index (χ0n) is 10.1. The number of hydrogen-bond donors (Lipinski definition) is 1. The van der Waals surface area contributed by atoms with E-state index in [0.29, 0.717) is 12.5 Å². The second-order valence-electron chi connectivity index (χ2n) is 4.04. The predicted octanol–water partition coefficient (Wildman–Crippen LogP) is 3.36. The molecular weight excluding hydrogens is 231 g/mol. The highest BCUT2D eigenvalue weighted by Gasteiger charge is 2.25. The first kappa shape index (κ1) is 13.9. The van der Waals surface area contributed by atoms with E-state index in [9.17, 15) is 13.2 Å². The van der Waals surface area contributed by atoms with Gasteiger partial charge in [-0.15, -0.1) is 0 Å². The lowest BCUT2D eigenvalue weighted by Crippen LogP contribution is -2.13. The van der Waals surface area contributed by atoms with Crippen LogP contribution < -0.4 is 5.32 Å². The minimum atomic E-state index is -4.07. The topological polar surface area (TPSA) is 29.9 Å². The summed E-state index contributed by atoms with van der Waals surface area (Å²) >= 11 is 0. The first-order chi connectivity index (χ1) is 7.92. The summed E-state index contributed by atoms with van der Waals surface area (Å²) in [4.78, 5) is 4.23. The molecule has 0 aliphatic heterocycles. The van der Waals surface area contributed by atoms with E-state index in [1.165, 1.54) is 0 Å². The third-order valence-corrected chi connectivity index (χ3v) is 2.28. The van der Waals surface area contributed by atoms with Crippen LogP contribution in [0.5, 0.6) is 0 Å². The smallest absolute Gasteiger partial charge is 0.356 e. The summed E-state index contributed by atoms with van der Waals surface area (Å²) in [5.41, 5.74) is 0.872. The summed E-state index contributed by atoms with van der Waals surface area (Å²) < 4.78 is 37.7. The molecule has 0 amide bonds. The molecule has 1 aromatic rings. The Kier molecular flexibility index (Phi) is 4.84. The van der Waals surface area contributed by atoms with Gasteiger partial charge in [-0.2, -0.15) is 13.2 Å². The van der Waals surface area contributed by atoms with E-state index in [4.69, 9.17) is 0 Å². The van der Waals surface area contributed by atoms with Crippen molar-refractivity contribution in [2.75, 3.05) is 11.9 Å². The van der Waals surface area contributed by atoms with Crippen molar-refractivity contribution >= 4 is 5.95 Å². The second kappa shape index (κ2) is 5.93. The maximum absolute atomic E-state index is 11.9. The highest BCUT2D eigenvalue weighted by atomic mass is 19.4. The lowest BCUT2D eigenvalue weighted by Gasteiger charge is -2.09. The molecular formula is C11H18F3N3. The number of aromatic nitrogens is 2. The van der Waals surface area contributed by atoms with Crippen molar-refractivity contribution in [2.45, 2.75) is 45.8 Å². The van der Waals surface area contributed by atoms with Crippen LogP contribution in [-0.4, -0.2) is 22.3 Å². The summed E-state index contributed by atoms with van der Waals surface area (Å²) in [6, 6.07) is 0. The van der Waals surface area contributed by atoms with Crippen molar-refractivity contribution in [1.29, 1.82) is 0 Å². The Labute approximate surface area is 99.0 Å². The van der Waals surface area contributed by atoms with Gasteiger partial charge in [0.15, 0.2) is 0 Å². The molecule has 1 aromatic heterocycles. The van der Waals surface area contributed by atoms with Crippen LogP contribution in [0.4, 0.5) is 19.1 Å². The van der Waals surface area contributed by atoms with E-state index in [2.05, 4.69) is 10.3 Å². The Hall–Kier alpha value is -1.20. The molecule has 1 N–H and O–H groups in total. The van der Waals surface area contributed by atoms with E-state index in [0.717, 1.165) is 18.7 Å². The third kappa shape index (κ3) is 5.10. The molecule has 98 valence electrons. The fourth-order valence-corrected chi connectivity index (χ4v) is 1.59. The number of nitrogens with zero attached hydrogens (tertiary/aromatic N) is 2. The fourth-order valence-electron chi connectivity index (χ4n) is 1.59. The molecule has 0 atom stereocenters. The van der Waals surface area contributed by atoms with Gasteiger partial charge in [0.25, 0.3) is 0 Å². The maximum atomic E-state index is 11.9. The first-order valence-electron chi connectivity index (χ1n) is 5.77. The highest BCUT2D eigenvalue weighted by Crippen LogP contribution is 2.21. The summed E-state index contributed by atoms with van der Waals surface area (Å²) in [5.74, 6) is 0.659. The van der Waals surface area contributed by atoms with Crippen LogP contribution >= 0.6 is 0 Å². The van der Waals surface area contributed by atoms with Gasteiger partial charge in [0.05, 0.1) is 5.69 Å². The van der Waals surface area contributed by atoms with Crippen molar-refractivity contribution in [3.63, 3.8) is 0 Å². The normalized spacial score (nSPS) is 11.8. The van der Waals surface area contributed by atoms with Crippen LogP contribution in [0.25, 0.3) is 0 Å². The van der Waals surface area contributed by atoms with Crippen LogP contribution in [0.1, 0.15) is 31.9 Å². The number of halogens is 3. The Morgan fingerprint density at radius 3 is 2.71 bits per heavy atom. The van der Waals surface area contributed by atoms with Crippen LogP contribution in [0, 0.1) is 6.92 Å². The Morgan fingerprint density at radius 2 is 2.12 bits per heavy atom. The van der Waals surface area contributed by atoms with Gasteiger partial charge in [-0.05, 0) is 19.8 Å². The highest BCUT2D eigenvalue weighted by molar-refractivity contribution is 5.28. The lowest BCUT2D eigenvalue weighted by atomic mass is 10.3. The number of imidazole rings is 1. The molecule has 0 aliphatic rings. The standard InChI is InChI=1S/C11H18F3N3/c1-3-7-17-8-9(2)16-10(17)15-6-4-5-11(12,13)14/h8H,3-7H2,1-2H3,(H,15,16). The van der Waals surface area contributed by atoms with Crippen LogP contribution in [-0.2, 0) is 6.54 Å². The molecule has 0 aliphatic carbocycles. The van der Waals surface area contributed by atoms with Crippen molar-refractivity contribution in [2.24, 2.45) is 0 Å². The SMILES string of the molecule is CCCn1cc(C)nc1NCCCC(F)(F)F. The van der Waals surface area contributed by atoms with Gasteiger partial charge in [-0.3, -0.25) is 0 Å². The van der Waals surface area contributed by atoms with Crippen molar-refractivity contribution < 1.29 is 13.2 Å². The quantitative estimate of drug-likeness (QED) is 0.783. The number of alkyl halides is 3. The monoisotopic (exact) mass is 249 g/mol. The number of aryl methyl sites for hydroxylation is 2. The van der Waals surface area contributed by atoms with Gasteiger partial charge in [0.1, 0.15) is 0 Å². The third-order valence-electron chi connectivity index (χ3n) is 2.28. The lowest BCUT2D eigenvalue weighted by molar-refractivity contribution is -0.134. The van der Waals surface area contributed by atoms with E-state index in [-0.39, 0.29) is 6.42 Å². The van der Waals surface area contributed by atoms with Crippen LogP contribution in [0.3, 0.4) is 0 Å². The van der Waals surface area contributed by atoms with E-state index in [1.54, 1.807) is 0 Å².